The van der Waals surface area contributed by atoms with Crippen molar-refractivity contribution in [3.8, 4) is 0 Å². The Bertz CT molecular complexity index is 404. The number of carbonyl (C=O) groups is 1. The molecule has 2 fully saturated rings. The molecule has 2 bridgehead atoms. The molecule has 18 heavy (non-hydrogen) atoms. The van der Waals surface area contributed by atoms with Crippen LogP contribution in [-0.2, 0) is 0 Å². The lowest BCUT2D eigenvalue weighted by Crippen LogP contribution is -2.43. The van der Waals surface area contributed by atoms with Crippen molar-refractivity contribution in [2.75, 3.05) is 13.6 Å². The zero-order valence-electron chi connectivity index (χ0n) is 10.6. The van der Waals surface area contributed by atoms with Gasteiger partial charge in [0.15, 0.2) is 5.69 Å². The predicted octanol–water partition coefficient (Wildman–Crippen LogP) is 0.407. The molecule has 2 atom stereocenters. The van der Waals surface area contributed by atoms with E-state index in [4.69, 9.17) is 0 Å². The first-order valence-electron chi connectivity index (χ1n) is 6.60. The fraction of sp³-hybridized carbons (Fsp3) is 0.750. The number of rotatable bonds is 3. The summed E-state index contributed by atoms with van der Waals surface area (Å²) in [6.45, 7) is 0.756. The fourth-order valence-electron chi connectivity index (χ4n) is 3.33. The first kappa shape index (κ1) is 11.6. The number of aromatic nitrogens is 3. The summed E-state index contributed by atoms with van der Waals surface area (Å²) in [5.74, 6) is 0.476. The highest BCUT2D eigenvalue weighted by Gasteiger charge is 2.38. The highest BCUT2D eigenvalue weighted by Crippen LogP contribution is 2.36. The van der Waals surface area contributed by atoms with Gasteiger partial charge in [0.2, 0.25) is 0 Å². The quantitative estimate of drug-likeness (QED) is 0.813. The molecule has 2 N–H and O–H groups in total. The molecular weight excluding hydrogens is 230 g/mol. The molecule has 2 aliphatic heterocycles. The summed E-state index contributed by atoms with van der Waals surface area (Å²) < 4.78 is 0. The third-order valence-corrected chi connectivity index (χ3v) is 4.39. The molecule has 0 radical (unpaired) electrons. The van der Waals surface area contributed by atoms with E-state index < -0.39 is 0 Å². The molecule has 0 saturated carbocycles. The van der Waals surface area contributed by atoms with E-state index in [0.29, 0.717) is 11.6 Å². The Labute approximate surface area is 106 Å². The highest BCUT2D eigenvalue weighted by atomic mass is 16.1. The number of fused-ring (bicyclic) bond motifs is 2. The van der Waals surface area contributed by atoms with Crippen molar-refractivity contribution in [2.24, 2.45) is 5.92 Å². The number of hydrogen-bond acceptors (Lipinski definition) is 4. The minimum absolute atomic E-state index is 0.130. The van der Waals surface area contributed by atoms with Crippen LogP contribution in [0.4, 0.5) is 0 Å². The maximum Gasteiger partial charge on any atom is 0.273 e. The van der Waals surface area contributed by atoms with Gasteiger partial charge in [-0.3, -0.25) is 4.79 Å². The summed E-state index contributed by atoms with van der Waals surface area (Å²) >= 11 is 0. The van der Waals surface area contributed by atoms with Gasteiger partial charge >= 0.3 is 0 Å². The maximum absolute atomic E-state index is 11.7. The molecule has 98 valence electrons. The zero-order chi connectivity index (χ0) is 12.5. The summed E-state index contributed by atoms with van der Waals surface area (Å²) in [6, 6.07) is 1.44. The standard InChI is InChI=1S/C12H19N5O/c1-17-9-2-3-10(17)5-8(4-9)6-13-12(18)11-7-14-16-15-11/h7-10H,2-6H2,1H3,(H,13,18)(H,14,15,16). The number of H-pyrrole nitrogens is 1. The molecule has 0 spiro atoms. The van der Waals surface area contributed by atoms with Crippen LogP contribution in [0, 0.1) is 5.92 Å². The van der Waals surface area contributed by atoms with E-state index in [9.17, 15) is 4.79 Å². The van der Waals surface area contributed by atoms with Crippen LogP contribution in [-0.4, -0.2) is 51.9 Å². The number of carbonyl (C=O) groups excluding carboxylic acids is 1. The van der Waals surface area contributed by atoms with E-state index in [1.807, 2.05) is 0 Å². The SMILES string of the molecule is CN1C2CCC1CC(CNC(=O)c1cn[nH]n1)C2. The van der Waals surface area contributed by atoms with Gasteiger partial charge in [0.05, 0.1) is 6.20 Å². The number of piperidine rings is 1. The second-order valence-corrected chi connectivity index (χ2v) is 5.45. The molecule has 1 aromatic rings. The molecule has 2 aliphatic rings. The maximum atomic E-state index is 11.7. The molecular formula is C12H19N5O. The van der Waals surface area contributed by atoms with Crippen molar-refractivity contribution >= 4 is 5.91 Å². The Morgan fingerprint density at radius 1 is 1.50 bits per heavy atom. The summed E-state index contributed by atoms with van der Waals surface area (Å²) in [4.78, 5) is 14.3. The summed E-state index contributed by atoms with van der Waals surface area (Å²) in [6.07, 6.45) is 6.48. The highest BCUT2D eigenvalue weighted by molar-refractivity contribution is 5.91. The first-order valence-corrected chi connectivity index (χ1v) is 6.60. The van der Waals surface area contributed by atoms with Gasteiger partial charge < -0.3 is 10.2 Å². The Balaban J connectivity index is 1.51. The number of amides is 1. The van der Waals surface area contributed by atoms with Gasteiger partial charge in [-0.1, -0.05) is 0 Å². The molecule has 6 heteroatoms. The Kier molecular flexibility index (Phi) is 3.03. The van der Waals surface area contributed by atoms with E-state index in [0.717, 1.165) is 18.6 Å². The Morgan fingerprint density at radius 3 is 2.83 bits per heavy atom. The average Bonchev–Trinajstić information content (AvgIpc) is 2.94. The normalized spacial score (nSPS) is 31.5. The van der Waals surface area contributed by atoms with Crippen LogP contribution in [0.2, 0.25) is 0 Å². The van der Waals surface area contributed by atoms with Crippen LogP contribution in [0.1, 0.15) is 36.2 Å². The van der Waals surface area contributed by atoms with Gasteiger partial charge in [-0.05, 0) is 38.6 Å². The molecule has 6 nitrogen and oxygen atoms in total. The fourth-order valence-corrected chi connectivity index (χ4v) is 3.33. The molecule has 0 aliphatic carbocycles. The Morgan fingerprint density at radius 2 is 2.22 bits per heavy atom. The van der Waals surface area contributed by atoms with Crippen LogP contribution in [0.5, 0.6) is 0 Å². The smallest absolute Gasteiger partial charge is 0.273 e. The lowest BCUT2D eigenvalue weighted by molar-refractivity contribution is 0.0912. The molecule has 3 heterocycles. The van der Waals surface area contributed by atoms with Crippen molar-refractivity contribution in [3.05, 3.63) is 11.9 Å². The second-order valence-electron chi connectivity index (χ2n) is 5.45. The summed E-state index contributed by atoms with van der Waals surface area (Å²) in [5, 5.41) is 12.8. The van der Waals surface area contributed by atoms with E-state index in [1.54, 1.807) is 0 Å². The topological polar surface area (TPSA) is 73.9 Å². The Hall–Kier alpha value is -1.43. The average molecular weight is 249 g/mol. The van der Waals surface area contributed by atoms with Gasteiger partial charge in [-0.25, -0.2) is 0 Å². The largest absolute Gasteiger partial charge is 0.350 e. The first-order chi connectivity index (χ1) is 8.74. The van der Waals surface area contributed by atoms with Gasteiger partial charge in [-0.2, -0.15) is 15.4 Å². The van der Waals surface area contributed by atoms with Gasteiger partial charge in [0.25, 0.3) is 5.91 Å². The zero-order valence-corrected chi connectivity index (χ0v) is 10.6. The molecule has 1 amide bonds. The van der Waals surface area contributed by atoms with Crippen molar-refractivity contribution in [1.82, 2.24) is 25.6 Å². The van der Waals surface area contributed by atoms with Gasteiger partial charge in [0, 0.05) is 18.6 Å². The molecule has 1 aromatic heterocycles. The van der Waals surface area contributed by atoms with Crippen LogP contribution in [0.3, 0.4) is 0 Å². The van der Waals surface area contributed by atoms with Crippen molar-refractivity contribution in [1.29, 1.82) is 0 Å². The van der Waals surface area contributed by atoms with Crippen LogP contribution < -0.4 is 5.32 Å². The number of hydrogen-bond donors (Lipinski definition) is 2. The molecule has 2 unspecified atom stereocenters. The van der Waals surface area contributed by atoms with Crippen LogP contribution in [0.15, 0.2) is 6.20 Å². The molecule has 3 rings (SSSR count). The van der Waals surface area contributed by atoms with Crippen LogP contribution >= 0.6 is 0 Å². The lowest BCUT2D eigenvalue weighted by Gasteiger charge is -2.36. The third-order valence-electron chi connectivity index (χ3n) is 4.39. The number of nitrogens with zero attached hydrogens (tertiary/aromatic N) is 3. The summed E-state index contributed by atoms with van der Waals surface area (Å²) in [5.41, 5.74) is 0.367. The van der Waals surface area contributed by atoms with Crippen LogP contribution in [0.25, 0.3) is 0 Å². The number of aromatic amines is 1. The second kappa shape index (κ2) is 4.68. The minimum Gasteiger partial charge on any atom is -0.350 e. The molecule has 2 saturated heterocycles. The van der Waals surface area contributed by atoms with E-state index >= 15 is 0 Å². The molecule has 0 aromatic carbocycles. The van der Waals surface area contributed by atoms with Gasteiger partial charge in [0.1, 0.15) is 0 Å². The monoisotopic (exact) mass is 249 g/mol. The van der Waals surface area contributed by atoms with Crippen molar-refractivity contribution in [2.45, 2.75) is 37.8 Å². The van der Waals surface area contributed by atoms with E-state index in [2.05, 4.69) is 32.7 Å². The summed E-state index contributed by atoms with van der Waals surface area (Å²) in [7, 11) is 2.23. The van der Waals surface area contributed by atoms with Gasteiger partial charge in [-0.15, -0.1) is 0 Å². The van der Waals surface area contributed by atoms with E-state index in [-0.39, 0.29) is 5.91 Å². The third kappa shape index (κ3) is 2.12. The van der Waals surface area contributed by atoms with Crippen molar-refractivity contribution < 1.29 is 4.79 Å². The van der Waals surface area contributed by atoms with E-state index in [1.165, 1.54) is 31.9 Å². The number of nitrogens with one attached hydrogen (secondary N) is 2. The lowest BCUT2D eigenvalue weighted by atomic mass is 9.91. The predicted molar refractivity (Wildman–Crippen MR) is 66.0 cm³/mol. The minimum atomic E-state index is -0.130. The van der Waals surface area contributed by atoms with Crippen molar-refractivity contribution in [3.63, 3.8) is 0 Å².